The van der Waals surface area contributed by atoms with Crippen molar-refractivity contribution >= 4 is 33.6 Å². The van der Waals surface area contributed by atoms with Crippen LogP contribution in [0.15, 0.2) is 71.6 Å². The van der Waals surface area contributed by atoms with Crippen LogP contribution in [-0.4, -0.2) is 56.8 Å². The van der Waals surface area contributed by atoms with Gasteiger partial charge in [0.25, 0.3) is 21.8 Å². The van der Waals surface area contributed by atoms with Crippen LogP contribution in [0.5, 0.6) is 0 Å². The molecule has 0 saturated heterocycles. The minimum absolute atomic E-state index is 0.00229. The Morgan fingerprint density at radius 2 is 1.67 bits per heavy atom. The van der Waals surface area contributed by atoms with E-state index in [1.807, 2.05) is 56.5 Å². The molecule has 1 aliphatic carbocycles. The molecular formula is C36H47N3O4S2. The Hall–Kier alpha value is -3.14. The van der Waals surface area contributed by atoms with E-state index in [0.717, 1.165) is 46.8 Å². The molecular weight excluding hydrogens is 603 g/mol. The topological polar surface area (TPSA) is 95.6 Å². The Morgan fingerprint density at radius 3 is 2.36 bits per heavy atom. The van der Waals surface area contributed by atoms with Crippen molar-refractivity contribution in [2.75, 3.05) is 25.6 Å². The Bertz CT molecular complexity index is 1550. The first-order chi connectivity index (χ1) is 21.6. The van der Waals surface area contributed by atoms with Crippen LogP contribution < -0.4 is 10.0 Å². The van der Waals surface area contributed by atoms with E-state index in [4.69, 9.17) is 0 Å². The number of carbonyl (C=O) groups excluding carboxylic acids is 2. The van der Waals surface area contributed by atoms with Crippen molar-refractivity contribution < 1.29 is 18.0 Å². The summed E-state index contributed by atoms with van der Waals surface area (Å²) < 4.78 is 28.1. The van der Waals surface area contributed by atoms with E-state index in [2.05, 4.69) is 28.1 Å². The number of carbonyl (C=O) groups is 2. The lowest BCUT2D eigenvalue weighted by molar-refractivity contribution is -0.121. The van der Waals surface area contributed by atoms with Crippen molar-refractivity contribution in [3.05, 3.63) is 89.0 Å². The van der Waals surface area contributed by atoms with Gasteiger partial charge in [0.2, 0.25) is 0 Å². The Morgan fingerprint density at radius 1 is 0.956 bits per heavy atom. The molecule has 0 heterocycles. The molecule has 1 saturated carbocycles. The highest BCUT2D eigenvalue weighted by Gasteiger charge is 2.27. The number of sulfonamides is 1. The predicted molar refractivity (Wildman–Crippen MR) is 185 cm³/mol. The summed E-state index contributed by atoms with van der Waals surface area (Å²) in [6.45, 7) is 5.68. The van der Waals surface area contributed by atoms with Gasteiger partial charge in [0, 0.05) is 12.1 Å². The number of hydrogen-bond acceptors (Lipinski definition) is 6. The van der Waals surface area contributed by atoms with E-state index in [-0.39, 0.29) is 11.3 Å². The highest BCUT2D eigenvalue weighted by atomic mass is 32.2. The van der Waals surface area contributed by atoms with Gasteiger partial charge in [-0.1, -0.05) is 80.1 Å². The predicted octanol–water partition coefficient (Wildman–Crippen LogP) is 6.73. The highest BCUT2D eigenvalue weighted by molar-refractivity contribution is 7.98. The van der Waals surface area contributed by atoms with Gasteiger partial charge in [-0.05, 0) is 105 Å². The fourth-order valence-electron chi connectivity index (χ4n) is 5.98. The van der Waals surface area contributed by atoms with Gasteiger partial charge in [-0.25, -0.2) is 13.1 Å². The fraction of sp³-hybridized carbons (Fsp3) is 0.444. The molecule has 0 aliphatic heterocycles. The molecule has 45 heavy (non-hydrogen) atoms. The second-order valence-corrected chi connectivity index (χ2v) is 15.0. The quantitative estimate of drug-likeness (QED) is 0.201. The average Bonchev–Trinajstić information content (AvgIpc) is 3.02. The van der Waals surface area contributed by atoms with Crippen molar-refractivity contribution in [3.63, 3.8) is 0 Å². The number of thioether (sulfide) groups is 1. The van der Waals surface area contributed by atoms with Crippen molar-refractivity contribution in [3.8, 4) is 11.1 Å². The third-order valence-corrected chi connectivity index (χ3v) is 10.7. The molecule has 4 rings (SSSR count). The van der Waals surface area contributed by atoms with E-state index in [0.29, 0.717) is 11.3 Å². The number of aryl methyl sites for hydroxylation is 2. The SMILES string of the molecule is CSCCC(NC(=O)c1ccc(CN(C)CCC2CCCCC2)cc1-c1ccccc1C)C(=O)NS(=O)(=O)c1ccc(C)cc1. The van der Waals surface area contributed by atoms with Gasteiger partial charge in [0.05, 0.1) is 4.90 Å². The Kier molecular flexibility index (Phi) is 12.7. The van der Waals surface area contributed by atoms with Gasteiger partial charge in [-0.15, -0.1) is 0 Å². The van der Waals surface area contributed by atoms with E-state index in [9.17, 15) is 18.0 Å². The van der Waals surface area contributed by atoms with Crippen molar-refractivity contribution in [1.29, 1.82) is 0 Å². The average molecular weight is 650 g/mol. The maximum atomic E-state index is 13.9. The lowest BCUT2D eigenvalue weighted by Gasteiger charge is -2.25. The zero-order chi connectivity index (χ0) is 32.4. The highest BCUT2D eigenvalue weighted by Crippen LogP contribution is 2.30. The number of nitrogens with zero attached hydrogens (tertiary/aromatic N) is 1. The number of benzene rings is 3. The second kappa shape index (κ2) is 16.4. The standard InChI is InChI=1S/C36H47N3O4S2/c1-26-14-17-30(18-15-26)45(42,43)38-36(41)34(21-23-44-4)37-35(40)32-19-16-29(24-33(32)31-13-9-8-10-27(31)2)25-39(3)22-20-28-11-6-5-7-12-28/h8-10,13-19,24,28,34H,5-7,11-12,20-23,25H2,1-4H3,(H,37,40)(H,38,41). The van der Waals surface area contributed by atoms with Crippen LogP contribution in [0.25, 0.3) is 11.1 Å². The summed E-state index contributed by atoms with van der Waals surface area (Å²) in [5.74, 6) is 0.212. The molecule has 242 valence electrons. The van der Waals surface area contributed by atoms with Gasteiger partial charge >= 0.3 is 0 Å². The van der Waals surface area contributed by atoms with Crippen molar-refractivity contribution in [2.24, 2.45) is 5.92 Å². The van der Waals surface area contributed by atoms with Crippen LogP contribution in [0.3, 0.4) is 0 Å². The molecule has 1 atom stereocenters. The van der Waals surface area contributed by atoms with Crippen LogP contribution in [0.2, 0.25) is 0 Å². The summed E-state index contributed by atoms with van der Waals surface area (Å²) in [4.78, 5) is 29.5. The molecule has 0 aromatic heterocycles. The van der Waals surface area contributed by atoms with Crippen molar-refractivity contribution in [2.45, 2.75) is 76.3 Å². The molecule has 1 aliphatic rings. The molecule has 9 heteroatoms. The van der Waals surface area contributed by atoms with E-state index in [1.165, 1.54) is 62.4 Å². The number of hydrogen-bond donors (Lipinski definition) is 2. The monoisotopic (exact) mass is 649 g/mol. The fourth-order valence-corrected chi connectivity index (χ4v) is 7.47. The molecule has 0 bridgehead atoms. The molecule has 0 spiro atoms. The van der Waals surface area contributed by atoms with Crippen molar-refractivity contribution in [1.82, 2.24) is 14.9 Å². The normalized spacial score (nSPS) is 14.7. The largest absolute Gasteiger partial charge is 0.340 e. The van der Waals surface area contributed by atoms with Gasteiger partial charge in [-0.3, -0.25) is 9.59 Å². The van der Waals surface area contributed by atoms with Crippen LogP contribution in [0.4, 0.5) is 0 Å². The maximum absolute atomic E-state index is 13.9. The van der Waals surface area contributed by atoms with Crippen LogP contribution in [-0.2, 0) is 21.4 Å². The zero-order valence-electron chi connectivity index (χ0n) is 27.0. The molecule has 2 N–H and O–H groups in total. The van der Waals surface area contributed by atoms with Gasteiger partial charge in [0.15, 0.2) is 0 Å². The minimum Gasteiger partial charge on any atom is -0.340 e. The summed E-state index contributed by atoms with van der Waals surface area (Å²) in [5, 5.41) is 2.86. The Labute approximate surface area is 273 Å². The maximum Gasteiger partial charge on any atom is 0.264 e. The van der Waals surface area contributed by atoms with Gasteiger partial charge in [0.1, 0.15) is 6.04 Å². The summed E-state index contributed by atoms with van der Waals surface area (Å²) in [5.41, 5.74) is 5.24. The lowest BCUT2D eigenvalue weighted by atomic mass is 9.87. The van der Waals surface area contributed by atoms with E-state index < -0.39 is 27.9 Å². The first-order valence-electron chi connectivity index (χ1n) is 15.9. The summed E-state index contributed by atoms with van der Waals surface area (Å²) in [6, 6.07) is 19.1. The van der Waals surface area contributed by atoms with Gasteiger partial charge < -0.3 is 10.2 Å². The smallest absolute Gasteiger partial charge is 0.264 e. The zero-order valence-corrected chi connectivity index (χ0v) is 28.6. The van der Waals surface area contributed by atoms with Crippen LogP contribution >= 0.6 is 11.8 Å². The first-order valence-corrected chi connectivity index (χ1v) is 18.8. The number of amides is 2. The summed E-state index contributed by atoms with van der Waals surface area (Å²) >= 11 is 1.52. The first kappa shape index (κ1) is 34.7. The second-order valence-electron chi connectivity index (χ2n) is 12.3. The third-order valence-electron chi connectivity index (χ3n) is 8.66. The van der Waals surface area contributed by atoms with Crippen LogP contribution in [0.1, 0.15) is 72.0 Å². The van der Waals surface area contributed by atoms with E-state index >= 15 is 0 Å². The molecule has 1 fully saturated rings. The lowest BCUT2D eigenvalue weighted by Crippen LogP contribution is -2.48. The summed E-state index contributed by atoms with van der Waals surface area (Å²) in [7, 11) is -1.95. The molecule has 7 nitrogen and oxygen atoms in total. The molecule has 1 unspecified atom stereocenters. The third kappa shape index (κ3) is 9.92. The van der Waals surface area contributed by atoms with Gasteiger partial charge in [-0.2, -0.15) is 11.8 Å². The summed E-state index contributed by atoms with van der Waals surface area (Å²) in [6.07, 6.45) is 10.1. The molecule has 2 amide bonds. The molecule has 0 radical (unpaired) electrons. The van der Waals surface area contributed by atoms with Crippen LogP contribution in [0, 0.1) is 19.8 Å². The Balaban J connectivity index is 1.54. The minimum atomic E-state index is -4.10. The van der Waals surface area contributed by atoms with E-state index in [1.54, 1.807) is 12.1 Å². The molecule has 3 aromatic rings. The number of nitrogens with one attached hydrogen (secondary N) is 2. The number of rotatable bonds is 14. The molecule has 3 aromatic carbocycles.